The van der Waals surface area contributed by atoms with E-state index in [1.54, 1.807) is 25.1 Å². The van der Waals surface area contributed by atoms with Crippen LogP contribution in [0.25, 0.3) is 16.9 Å². The molecule has 1 aliphatic rings. The van der Waals surface area contributed by atoms with Gasteiger partial charge in [0.25, 0.3) is 5.56 Å². The first-order valence-corrected chi connectivity index (χ1v) is 15.3. The molecule has 2 aromatic carbocycles. The number of aliphatic hydroxyl groups excluding tert-OH is 1. The molecular formula is C29H34FN5O5S. The number of aromatic nitrogens is 4. The molecule has 10 nitrogen and oxygen atoms in total. The number of sulfonamides is 1. The van der Waals surface area contributed by atoms with Crippen molar-refractivity contribution in [3.8, 4) is 17.1 Å². The normalized spacial score (nSPS) is 15.8. The fourth-order valence-electron chi connectivity index (χ4n) is 5.39. The summed E-state index contributed by atoms with van der Waals surface area (Å²) in [6.07, 6.45) is 1.54. The molecule has 41 heavy (non-hydrogen) atoms. The van der Waals surface area contributed by atoms with Gasteiger partial charge in [0.1, 0.15) is 17.4 Å². The van der Waals surface area contributed by atoms with Crippen molar-refractivity contribution < 1.29 is 22.7 Å². The molecule has 0 saturated carbocycles. The van der Waals surface area contributed by atoms with E-state index in [0.717, 1.165) is 6.42 Å². The Bertz CT molecular complexity index is 1710. The molecule has 4 aromatic rings. The van der Waals surface area contributed by atoms with Gasteiger partial charge < -0.3 is 14.8 Å². The van der Waals surface area contributed by atoms with Gasteiger partial charge in [0.2, 0.25) is 10.0 Å². The van der Waals surface area contributed by atoms with Crippen LogP contribution in [0, 0.1) is 18.7 Å². The van der Waals surface area contributed by atoms with Crippen LogP contribution in [-0.2, 0) is 16.4 Å². The molecule has 0 radical (unpaired) electrons. The molecular weight excluding hydrogens is 549 g/mol. The van der Waals surface area contributed by atoms with Crippen LogP contribution in [0.3, 0.4) is 0 Å². The monoisotopic (exact) mass is 583 g/mol. The van der Waals surface area contributed by atoms with E-state index in [0.29, 0.717) is 59.8 Å². The van der Waals surface area contributed by atoms with E-state index in [4.69, 9.17) is 4.74 Å². The summed E-state index contributed by atoms with van der Waals surface area (Å²) in [6, 6.07) is 10.3. The Morgan fingerprint density at radius 1 is 1.15 bits per heavy atom. The topological polar surface area (TPSA) is 130 Å². The number of hydrogen-bond acceptors (Lipinski definition) is 7. The molecule has 1 atom stereocenters. The lowest BCUT2D eigenvalue weighted by Gasteiger charge is -2.33. The van der Waals surface area contributed by atoms with Crippen LogP contribution in [0.2, 0.25) is 0 Å². The van der Waals surface area contributed by atoms with Crippen LogP contribution >= 0.6 is 0 Å². The number of benzene rings is 2. The average molecular weight is 584 g/mol. The Labute approximate surface area is 237 Å². The number of imidazole rings is 1. The number of H-pyrrole nitrogens is 1. The number of nitrogens with one attached hydrogen (secondary N) is 1. The number of aryl methyl sites for hydroxylation is 2. The lowest BCUT2D eigenvalue weighted by atomic mass is 9.88. The Morgan fingerprint density at radius 2 is 1.85 bits per heavy atom. The highest BCUT2D eigenvalue weighted by Crippen LogP contribution is 2.35. The van der Waals surface area contributed by atoms with Crippen molar-refractivity contribution in [3.05, 3.63) is 75.7 Å². The molecule has 218 valence electrons. The number of halogens is 1. The predicted octanol–water partition coefficient (Wildman–Crippen LogP) is 4.02. The third kappa shape index (κ3) is 5.64. The molecule has 1 saturated heterocycles. The number of hydrogen-bond donors (Lipinski definition) is 2. The third-order valence-corrected chi connectivity index (χ3v) is 9.41. The molecule has 5 rings (SSSR count). The summed E-state index contributed by atoms with van der Waals surface area (Å²) in [4.78, 5) is 20.4. The van der Waals surface area contributed by atoms with Crippen LogP contribution in [0.4, 0.5) is 4.39 Å². The lowest BCUT2D eigenvalue weighted by molar-refractivity contribution is 0.0760. The molecule has 0 aliphatic carbocycles. The van der Waals surface area contributed by atoms with Gasteiger partial charge in [-0.05, 0) is 74.9 Å². The van der Waals surface area contributed by atoms with E-state index in [1.807, 2.05) is 13.8 Å². The summed E-state index contributed by atoms with van der Waals surface area (Å²) in [5, 5.41) is 15.4. The molecule has 2 N–H and O–H groups in total. The predicted molar refractivity (Wildman–Crippen MR) is 152 cm³/mol. The van der Waals surface area contributed by atoms with E-state index >= 15 is 0 Å². The SMILES string of the molecule is CCCc1nc(C)c2c(=O)[nH]c(-c3cc(S(=O)(=O)N4CCC(C(O)c5ccc(F)cc5)CC4)ccc3OCC)nn12. The van der Waals surface area contributed by atoms with Crippen molar-refractivity contribution in [2.45, 2.75) is 57.5 Å². The van der Waals surface area contributed by atoms with Crippen LogP contribution in [0.5, 0.6) is 5.75 Å². The van der Waals surface area contributed by atoms with Crippen molar-refractivity contribution >= 4 is 15.5 Å². The van der Waals surface area contributed by atoms with Crippen molar-refractivity contribution in [2.75, 3.05) is 19.7 Å². The fourth-order valence-corrected chi connectivity index (χ4v) is 6.89. The molecule has 3 heterocycles. The molecule has 0 amide bonds. The Morgan fingerprint density at radius 3 is 2.51 bits per heavy atom. The second-order valence-electron chi connectivity index (χ2n) is 10.3. The summed E-state index contributed by atoms with van der Waals surface area (Å²) in [6.45, 7) is 6.37. The molecule has 1 unspecified atom stereocenters. The first-order valence-electron chi connectivity index (χ1n) is 13.8. The van der Waals surface area contributed by atoms with Gasteiger partial charge in [-0.1, -0.05) is 19.1 Å². The van der Waals surface area contributed by atoms with Crippen LogP contribution < -0.4 is 10.3 Å². The largest absolute Gasteiger partial charge is 0.493 e. The highest BCUT2D eigenvalue weighted by Gasteiger charge is 2.33. The van der Waals surface area contributed by atoms with Crippen molar-refractivity contribution in [2.24, 2.45) is 5.92 Å². The maximum absolute atomic E-state index is 13.7. The lowest BCUT2D eigenvalue weighted by Crippen LogP contribution is -2.39. The second kappa shape index (κ2) is 11.7. The second-order valence-corrected chi connectivity index (χ2v) is 12.2. The molecule has 0 bridgehead atoms. The van der Waals surface area contributed by atoms with Gasteiger partial charge in [-0.3, -0.25) is 4.79 Å². The fraction of sp³-hybridized carbons (Fsp3) is 0.414. The first-order chi connectivity index (χ1) is 19.6. The summed E-state index contributed by atoms with van der Waals surface area (Å²) < 4.78 is 49.4. The maximum atomic E-state index is 13.7. The minimum atomic E-state index is -3.90. The van der Waals surface area contributed by atoms with E-state index < -0.39 is 16.1 Å². The van der Waals surface area contributed by atoms with Gasteiger partial charge >= 0.3 is 0 Å². The third-order valence-electron chi connectivity index (χ3n) is 7.52. The zero-order valence-corrected chi connectivity index (χ0v) is 24.1. The first kappa shape index (κ1) is 28.9. The molecule has 12 heteroatoms. The van der Waals surface area contributed by atoms with Gasteiger partial charge in [0.15, 0.2) is 11.3 Å². The number of rotatable bonds is 9. The average Bonchev–Trinajstić information content (AvgIpc) is 3.28. The Hall–Kier alpha value is -3.61. The van der Waals surface area contributed by atoms with E-state index in [9.17, 15) is 22.7 Å². The van der Waals surface area contributed by atoms with Crippen molar-refractivity contribution in [1.82, 2.24) is 23.9 Å². The highest BCUT2D eigenvalue weighted by atomic mass is 32.2. The Balaban J connectivity index is 1.45. The van der Waals surface area contributed by atoms with E-state index in [-0.39, 0.29) is 41.1 Å². The van der Waals surface area contributed by atoms with Gasteiger partial charge in [0, 0.05) is 19.5 Å². The number of fused-ring (bicyclic) bond motifs is 1. The number of piperidine rings is 1. The minimum Gasteiger partial charge on any atom is -0.493 e. The zero-order valence-electron chi connectivity index (χ0n) is 23.3. The smallest absolute Gasteiger partial charge is 0.277 e. The van der Waals surface area contributed by atoms with Gasteiger partial charge in [0.05, 0.1) is 28.9 Å². The molecule has 0 spiro atoms. The van der Waals surface area contributed by atoms with Crippen LogP contribution in [0.1, 0.15) is 56.3 Å². The Kier molecular flexibility index (Phi) is 8.25. The number of nitrogens with zero attached hydrogens (tertiary/aromatic N) is 4. The number of aliphatic hydroxyl groups is 1. The van der Waals surface area contributed by atoms with Crippen molar-refractivity contribution in [1.29, 1.82) is 0 Å². The minimum absolute atomic E-state index is 0.0480. The van der Waals surface area contributed by atoms with E-state index in [1.165, 1.54) is 33.1 Å². The summed E-state index contributed by atoms with van der Waals surface area (Å²) in [5.74, 6) is 0.694. The molecule has 1 aliphatic heterocycles. The zero-order chi connectivity index (χ0) is 29.3. The summed E-state index contributed by atoms with van der Waals surface area (Å²) >= 11 is 0. The van der Waals surface area contributed by atoms with Gasteiger partial charge in [-0.25, -0.2) is 22.3 Å². The van der Waals surface area contributed by atoms with Crippen molar-refractivity contribution in [3.63, 3.8) is 0 Å². The number of ether oxygens (including phenoxy) is 1. The summed E-state index contributed by atoms with van der Waals surface area (Å²) in [7, 11) is -3.90. The maximum Gasteiger partial charge on any atom is 0.277 e. The highest BCUT2D eigenvalue weighted by molar-refractivity contribution is 7.89. The molecule has 2 aromatic heterocycles. The van der Waals surface area contributed by atoms with E-state index in [2.05, 4.69) is 15.1 Å². The van der Waals surface area contributed by atoms with Gasteiger partial charge in [-0.15, -0.1) is 5.10 Å². The summed E-state index contributed by atoms with van der Waals surface area (Å²) in [5.41, 5.74) is 1.51. The van der Waals surface area contributed by atoms with Gasteiger partial charge in [-0.2, -0.15) is 4.31 Å². The van der Waals surface area contributed by atoms with Crippen LogP contribution in [0.15, 0.2) is 52.2 Å². The number of aromatic amines is 1. The molecule has 1 fully saturated rings. The van der Waals surface area contributed by atoms with Crippen LogP contribution in [-0.4, -0.2) is 57.1 Å². The standard InChI is InChI=1S/C29H34FN5O5S/c1-4-6-25-31-18(3)26-29(37)32-28(33-35(25)26)23-17-22(11-12-24(23)40-5-2)41(38,39)34-15-13-20(14-16-34)27(36)19-7-9-21(30)10-8-19/h7-12,17,20,27,36H,4-6,13-16H2,1-3H3,(H,32,33,37). The quantitative estimate of drug-likeness (QED) is 0.304.